The highest BCUT2D eigenvalue weighted by Gasteiger charge is 2.51. The fraction of sp³-hybridized carbons (Fsp3) is 0.338. The summed E-state index contributed by atoms with van der Waals surface area (Å²) in [5.41, 5.74) is -2.58. The van der Waals surface area contributed by atoms with Gasteiger partial charge in [-0.15, -0.1) is 0 Å². The lowest BCUT2D eigenvalue weighted by Gasteiger charge is -2.41. The van der Waals surface area contributed by atoms with Gasteiger partial charge < -0.3 is 117 Å². The number of carboxylic acids is 1. The summed E-state index contributed by atoms with van der Waals surface area (Å²) in [6.45, 7) is 4.24. The largest absolute Gasteiger partial charge is 0.508 e. The van der Waals surface area contributed by atoms with Crippen LogP contribution in [-0.4, -0.2) is 156 Å². The van der Waals surface area contributed by atoms with Crippen molar-refractivity contribution in [2.24, 2.45) is 5.92 Å². The van der Waals surface area contributed by atoms with Gasteiger partial charge in [0.15, 0.2) is 35.1 Å². The number of unbranched alkanes of at least 4 members (excludes halogenated alkanes) is 4. The molecule has 7 heterocycles. The first-order chi connectivity index (χ1) is 53.0. The van der Waals surface area contributed by atoms with Gasteiger partial charge in [0, 0.05) is 47.2 Å². The molecule has 111 heavy (non-hydrogen) atoms. The molecular weight excluding hydrogens is 1490 g/mol. The van der Waals surface area contributed by atoms with Crippen LogP contribution in [0.4, 0.5) is 0 Å². The van der Waals surface area contributed by atoms with Crippen molar-refractivity contribution in [2.45, 2.75) is 144 Å². The van der Waals surface area contributed by atoms with Gasteiger partial charge in [0.25, 0.3) is 0 Å². The molecule has 0 saturated carbocycles. The Labute approximate surface area is 642 Å². The first-order valence-corrected chi connectivity index (χ1v) is 36.0. The smallest absolute Gasteiger partial charge is 0.337 e. The number of hydrogen-bond donors (Lipinski definition) is 17. The highest BCUT2D eigenvalue weighted by molar-refractivity contribution is 6.33. The summed E-state index contributed by atoms with van der Waals surface area (Å²) in [5.74, 6) is -17.2. The zero-order chi connectivity index (χ0) is 79.5. The number of carboxylic acid groups (broad SMARTS) is 1. The number of aromatic hydroxyl groups is 5. The van der Waals surface area contributed by atoms with Gasteiger partial charge in [0.2, 0.25) is 53.4 Å². The van der Waals surface area contributed by atoms with E-state index >= 15 is 19.2 Å². The van der Waals surface area contributed by atoms with E-state index in [9.17, 15) is 69.9 Å². The lowest BCUT2D eigenvalue weighted by molar-refractivity contribution is -0.242. The molecule has 0 spiro atoms. The van der Waals surface area contributed by atoms with E-state index in [0.29, 0.717) is 24.3 Å². The number of aliphatic hydroxyl groups excluding tert-OH is 3. The molecule has 7 aliphatic heterocycles. The molecule has 14 rings (SSSR count). The van der Waals surface area contributed by atoms with Crippen LogP contribution in [0.3, 0.4) is 0 Å². The van der Waals surface area contributed by atoms with E-state index in [1.54, 1.807) is 0 Å². The predicted molar refractivity (Wildman–Crippen MR) is 391 cm³/mol. The van der Waals surface area contributed by atoms with Gasteiger partial charge in [-0.3, -0.25) is 33.6 Å². The van der Waals surface area contributed by atoms with Crippen molar-refractivity contribution in [3.05, 3.63) is 164 Å². The Morgan fingerprint density at radius 3 is 1.92 bits per heavy atom. The van der Waals surface area contributed by atoms with Crippen LogP contribution < -0.4 is 61.5 Å². The van der Waals surface area contributed by atoms with Crippen LogP contribution in [0.2, 0.25) is 10.0 Å². The normalized spacial score (nSPS) is 23.7. The third-order valence-electron chi connectivity index (χ3n) is 19.5. The molecule has 7 aromatic carbocycles. The number of amides is 7. The second-order valence-electron chi connectivity index (χ2n) is 27.6. The van der Waals surface area contributed by atoms with Crippen LogP contribution in [-0.2, 0) is 59.0 Å². The van der Waals surface area contributed by atoms with Crippen LogP contribution in [0.1, 0.15) is 134 Å². The van der Waals surface area contributed by atoms with Crippen LogP contribution >= 0.6 is 23.2 Å². The van der Waals surface area contributed by atoms with E-state index < -0.39 is 216 Å². The summed E-state index contributed by atoms with van der Waals surface area (Å²) in [7, 11) is 2.41. The van der Waals surface area contributed by atoms with E-state index in [-0.39, 0.29) is 52.5 Å². The van der Waals surface area contributed by atoms with Crippen molar-refractivity contribution in [3.8, 4) is 80.1 Å². The Morgan fingerprint density at radius 1 is 0.577 bits per heavy atom. The fourth-order valence-electron chi connectivity index (χ4n) is 13.8. The van der Waals surface area contributed by atoms with Gasteiger partial charge in [0.05, 0.1) is 17.2 Å². The van der Waals surface area contributed by atoms with Crippen LogP contribution in [0.15, 0.2) is 115 Å². The van der Waals surface area contributed by atoms with E-state index in [1.807, 2.05) is 0 Å². The first-order valence-electron chi connectivity index (χ1n) is 35.3. The second-order valence-corrected chi connectivity index (χ2v) is 28.4. The summed E-state index contributed by atoms with van der Waals surface area (Å²) in [6, 6.07) is 6.00. The molecule has 7 aromatic rings. The van der Waals surface area contributed by atoms with Crippen molar-refractivity contribution in [2.75, 3.05) is 14.2 Å². The monoisotopic (exact) mass is 1570 g/mol. The zero-order valence-electron chi connectivity index (χ0n) is 59.6. The molecule has 584 valence electrons. The number of nitrogens with one attached hydrogen (secondary N) is 8. The second kappa shape index (κ2) is 33.3. The third kappa shape index (κ3) is 17.1. The van der Waals surface area contributed by atoms with E-state index in [4.69, 9.17) is 51.6 Å². The Kier molecular flexibility index (Phi) is 23.7. The number of halogens is 2. The van der Waals surface area contributed by atoms with Crippen LogP contribution in [0, 0.1) is 5.92 Å². The summed E-state index contributed by atoms with van der Waals surface area (Å²) >= 11 is 14.1. The number of carbonyl (C=O) groups excluding carboxylic acids is 8. The molecule has 0 aromatic heterocycles. The van der Waals surface area contributed by atoms with Gasteiger partial charge in [-0.2, -0.15) is 0 Å². The number of hydrogen-bond acceptors (Lipinski definition) is 24. The number of phenols is 5. The van der Waals surface area contributed by atoms with Crippen molar-refractivity contribution in [3.63, 3.8) is 0 Å². The number of esters is 1. The number of aliphatic hydroxyl groups is 3. The molecular formula is C77H78Cl2N8O24. The number of rotatable bonds is 14. The van der Waals surface area contributed by atoms with E-state index in [1.165, 1.54) is 49.5 Å². The summed E-state index contributed by atoms with van der Waals surface area (Å²) < 4.78 is 37.5. The van der Waals surface area contributed by atoms with E-state index in [2.05, 4.69) is 56.4 Å². The Hall–Kier alpha value is -11.7. The maximum atomic E-state index is 16.4. The molecule has 7 aliphatic rings. The molecule has 0 radical (unpaired) electrons. The van der Waals surface area contributed by atoms with Gasteiger partial charge in [0.1, 0.15) is 101 Å². The van der Waals surface area contributed by atoms with Gasteiger partial charge in [-0.25, -0.2) is 9.59 Å². The number of phenolic OH excluding ortho intramolecular Hbond substituents is 5. The molecule has 7 amide bonds. The van der Waals surface area contributed by atoms with Crippen LogP contribution in [0.5, 0.6) is 69.0 Å². The van der Waals surface area contributed by atoms with Crippen molar-refractivity contribution >= 4 is 76.5 Å². The number of methoxy groups -OCH3 is 1. The molecule has 1 fully saturated rings. The Morgan fingerprint density at radius 2 is 1.22 bits per heavy atom. The molecule has 0 unspecified atom stereocenters. The highest BCUT2D eigenvalue weighted by atomic mass is 35.5. The summed E-state index contributed by atoms with van der Waals surface area (Å²) in [6.07, 6.45) is -6.29. The predicted octanol–water partition coefficient (Wildman–Crippen LogP) is 6.41. The van der Waals surface area contributed by atoms with E-state index in [0.717, 1.165) is 106 Å². The minimum Gasteiger partial charge on any atom is -0.508 e. The topological polar surface area (TPSA) is 487 Å². The Balaban J connectivity index is 1.10. The van der Waals surface area contributed by atoms with Gasteiger partial charge >= 0.3 is 11.9 Å². The minimum absolute atomic E-state index is 0.0949. The number of carbonyl (C=O) groups is 9. The SMILES string of the molecule is CN[C@@H]1C(=O)N[C@@H]2Cc3ccc(cc3)Oc3cc4cc(c3O[C@@H]3O[C@H](C(=O)OC)[C@@H](O)[C@H](O)[C@H]3NC(=O)CCCCCCCC(C)C)Oc3ccc(cc3Cl)[C@@H](O)[C@@H]3NC(=O)[C@H](NC(=O)[C@@H]4NC(=O)[C@@H](NC2=O)c2cc(cc(O)c2Cl)Oc2cc1ccc2O)c1ccc(O)c(c1)-c1c(O)cc(O)cc1[C@H](C(=O)O)NC3=O. The highest BCUT2D eigenvalue weighted by Crippen LogP contribution is 2.50. The van der Waals surface area contributed by atoms with Crippen molar-refractivity contribution < 1.29 is 118 Å². The molecule has 32 nitrogen and oxygen atoms in total. The standard InChI is InChI=1S/C77H78Cl2N8O24/c1-32(2)10-8-6-5-7-9-11-54(93)82-63-65(95)66(96)68(76(105)106-4)111-77(63)110-67-52-26-37-27-53(67)109-50-21-16-36(24-44(50)78)64(94)62-74(102)86-61(75(103)104)42-28-38(88)29-48(91)55(42)41-23-34(14-19-46(41)89)58(71(99)87-62)83-72(100)59(37)84-73(101)60-43-30-40(31-49(92)56(43)79)108-51-25-35(15-20-47(51)90)57(80-3)70(98)81-45(69(97)85-60)22-33-12-17-39(107-52)18-13-33/h12-21,23-32,45,57-66,68,77,80,88-92,94-96H,5-11,22H2,1-4H3,(H,81,98)(H,82,93)(H,83,100)(H,84,101)(H,85,97)(H,86,102)(H,87,99)(H,103,104)/t45-,57+,58-,59-,60+,61-,62+,63-,64-,65-,66+,68+,77-/m1/s1. The number of likely N-dealkylation sites (N-methyl/N-ethyl adjacent to an activating group) is 1. The number of benzene rings is 7. The zero-order valence-corrected chi connectivity index (χ0v) is 61.1. The quantitative estimate of drug-likeness (QED) is 0.0413. The molecule has 0 aliphatic carbocycles. The minimum atomic E-state index is -2.37. The average molecular weight is 1570 g/mol. The van der Waals surface area contributed by atoms with Crippen molar-refractivity contribution in [1.82, 2.24) is 42.5 Å². The number of ether oxygens (including phenoxy) is 6. The van der Waals surface area contributed by atoms with Gasteiger partial charge in [-0.1, -0.05) is 99.5 Å². The molecule has 1 saturated heterocycles. The molecule has 13 atom stereocenters. The average Bonchev–Trinajstić information content (AvgIpc) is 0.769. The number of fused-ring (bicyclic) bond motifs is 14. The lowest BCUT2D eigenvalue weighted by Crippen LogP contribution is -2.66. The van der Waals surface area contributed by atoms with Crippen molar-refractivity contribution in [1.29, 1.82) is 0 Å². The number of aliphatic carboxylic acids is 1. The van der Waals surface area contributed by atoms with Gasteiger partial charge in [-0.05, 0) is 120 Å². The molecule has 17 bridgehead atoms. The maximum Gasteiger partial charge on any atom is 0.337 e. The molecule has 34 heteroatoms. The van der Waals surface area contributed by atoms with Crippen LogP contribution in [0.25, 0.3) is 11.1 Å². The third-order valence-corrected chi connectivity index (χ3v) is 20.2. The summed E-state index contributed by atoms with van der Waals surface area (Å²) in [5, 5.41) is 124. The Bertz CT molecular complexity index is 4840. The maximum absolute atomic E-state index is 16.4. The lowest BCUT2D eigenvalue weighted by atomic mass is 9.89. The first kappa shape index (κ1) is 78.9. The molecule has 17 N–H and O–H groups in total. The fourth-order valence-corrected chi connectivity index (χ4v) is 14.2. The summed E-state index contributed by atoms with van der Waals surface area (Å²) in [4.78, 5) is 134.